The molecule has 0 saturated heterocycles. The van der Waals surface area contributed by atoms with Gasteiger partial charge in [-0.1, -0.05) is 55.8 Å². The van der Waals surface area contributed by atoms with Crippen LogP contribution in [-0.4, -0.2) is 29.4 Å². The van der Waals surface area contributed by atoms with E-state index in [0.29, 0.717) is 32.2 Å². The highest BCUT2D eigenvalue weighted by Gasteiger charge is 2.22. The van der Waals surface area contributed by atoms with Gasteiger partial charge in [-0.25, -0.2) is 0 Å². The van der Waals surface area contributed by atoms with E-state index in [1.165, 1.54) is 5.56 Å². The second-order valence-electron chi connectivity index (χ2n) is 8.97. The van der Waals surface area contributed by atoms with Crippen molar-refractivity contribution in [1.29, 1.82) is 0 Å². The molecule has 0 saturated carbocycles. The van der Waals surface area contributed by atoms with Gasteiger partial charge in [0.25, 0.3) is 0 Å². The van der Waals surface area contributed by atoms with E-state index in [-0.39, 0.29) is 17.2 Å². The number of aromatic nitrogens is 1. The van der Waals surface area contributed by atoms with Gasteiger partial charge in [0.1, 0.15) is 0 Å². The molecule has 2 unspecified atom stereocenters. The van der Waals surface area contributed by atoms with E-state index in [1.807, 2.05) is 12.2 Å². The van der Waals surface area contributed by atoms with Gasteiger partial charge in [-0.05, 0) is 54.5 Å². The summed E-state index contributed by atoms with van der Waals surface area (Å²) in [7, 11) is 0. The Labute approximate surface area is 196 Å². The molecular weight excluding hydrogens is 422 g/mol. The summed E-state index contributed by atoms with van der Waals surface area (Å²) in [5, 5.41) is 2.96. The van der Waals surface area contributed by atoms with Gasteiger partial charge in [-0.3, -0.25) is 9.78 Å². The summed E-state index contributed by atoms with van der Waals surface area (Å²) >= 11 is 5.59. The third-order valence-corrected chi connectivity index (χ3v) is 6.13. The minimum Gasteiger partial charge on any atom is -0.375 e. The molecule has 0 spiro atoms. The molecule has 0 aliphatic carbocycles. The van der Waals surface area contributed by atoms with Crippen molar-refractivity contribution in [2.45, 2.75) is 53.3 Å². The van der Waals surface area contributed by atoms with Gasteiger partial charge in [0.2, 0.25) is 5.24 Å². The monoisotopic (exact) mass is 455 g/mol. The fourth-order valence-electron chi connectivity index (χ4n) is 4.11. The minimum absolute atomic E-state index is 0.0487. The first-order chi connectivity index (χ1) is 15.3. The topological polar surface area (TPSA) is 77.2 Å². The Morgan fingerprint density at radius 1 is 1.22 bits per heavy atom. The van der Waals surface area contributed by atoms with Crippen LogP contribution in [0.5, 0.6) is 0 Å². The molecular formula is C26H34ClN3O2. The van der Waals surface area contributed by atoms with Crippen molar-refractivity contribution in [3.8, 4) is 11.1 Å². The van der Waals surface area contributed by atoms with Crippen molar-refractivity contribution in [2.75, 3.05) is 13.2 Å². The summed E-state index contributed by atoms with van der Waals surface area (Å²) in [6.07, 6.45) is 4.71. The maximum atomic E-state index is 11.3. The highest BCUT2D eigenvalue weighted by atomic mass is 35.5. The van der Waals surface area contributed by atoms with E-state index in [9.17, 15) is 4.79 Å². The first kappa shape index (κ1) is 24.6. The molecule has 0 fully saturated rings. The fourth-order valence-corrected chi connectivity index (χ4v) is 4.26. The molecule has 0 radical (unpaired) electrons. The van der Waals surface area contributed by atoms with Crippen LogP contribution in [0.3, 0.4) is 0 Å². The Hall–Kier alpha value is -2.05. The number of carbonyl (C=O) groups excluding carboxylic acids is 1. The maximum absolute atomic E-state index is 11.3. The molecule has 1 aliphatic heterocycles. The third-order valence-electron chi connectivity index (χ3n) is 5.85. The molecule has 3 rings (SSSR count). The Balaban J connectivity index is 1.88. The van der Waals surface area contributed by atoms with Gasteiger partial charge < -0.3 is 15.8 Å². The lowest BCUT2D eigenvalue weighted by atomic mass is 9.90. The summed E-state index contributed by atoms with van der Waals surface area (Å²) in [6.45, 7) is 10.5. The van der Waals surface area contributed by atoms with Crippen LogP contribution in [0, 0.1) is 25.7 Å². The van der Waals surface area contributed by atoms with E-state index in [0.717, 1.165) is 40.1 Å². The lowest BCUT2D eigenvalue weighted by Gasteiger charge is -2.24. The summed E-state index contributed by atoms with van der Waals surface area (Å²) < 4.78 is 6.13. The standard InChI is InChI=1S/C26H34ClN3O2/c1-16(2)11-24-22(12-28)25(19-7-5-17(3)6-8-19)23(18(4)30-24)15-32-14-21-10-9-20(13-29-21)26(27)31/h5-10,16,20-21,29H,11-15,28H2,1-4H3. The zero-order valence-electron chi connectivity index (χ0n) is 19.5. The van der Waals surface area contributed by atoms with Crippen LogP contribution in [-0.2, 0) is 29.1 Å². The number of benzene rings is 1. The first-order valence-corrected chi connectivity index (χ1v) is 11.6. The second-order valence-corrected chi connectivity index (χ2v) is 9.34. The molecule has 5 nitrogen and oxygen atoms in total. The smallest absolute Gasteiger partial charge is 0.229 e. The van der Waals surface area contributed by atoms with Crippen molar-refractivity contribution in [1.82, 2.24) is 10.3 Å². The highest BCUT2D eigenvalue weighted by Crippen LogP contribution is 2.33. The van der Waals surface area contributed by atoms with Crippen LogP contribution in [0.4, 0.5) is 0 Å². The number of pyridine rings is 1. The molecule has 32 heavy (non-hydrogen) atoms. The van der Waals surface area contributed by atoms with Gasteiger partial charge in [-0.15, -0.1) is 0 Å². The molecule has 1 aromatic carbocycles. The number of nitrogens with two attached hydrogens (primary N) is 1. The van der Waals surface area contributed by atoms with Gasteiger partial charge in [0, 0.05) is 36.1 Å². The van der Waals surface area contributed by atoms with Crippen LogP contribution < -0.4 is 11.1 Å². The average Bonchev–Trinajstić information content (AvgIpc) is 2.75. The number of hydrogen-bond acceptors (Lipinski definition) is 5. The zero-order chi connectivity index (χ0) is 23.3. The molecule has 2 atom stereocenters. The Kier molecular flexibility index (Phi) is 8.60. The third kappa shape index (κ3) is 6.04. The number of halogens is 1. The van der Waals surface area contributed by atoms with E-state index in [4.69, 9.17) is 27.1 Å². The number of nitrogens with zero attached hydrogens (tertiary/aromatic N) is 1. The van der Waals surface area contributed by atoms with Crippen molar-refractivity contribution in [2.24, 2.45) is 17.6 Å². The van der Waals surface area contributed by atoms with Gasteiger partial charge >= 0.3 is 0 Å². The van der Waals surface area contributed by atoms with Crippen LogP contribution in [0.1, 0.15) is 41.9 Å². The molecule has 0 bridgehead atoms. The summed E-state index contributed by atoms with van der Waals surface area (Å²) in [4.78, 5) is 16.3. The summed E-state index contributed by atoms with van der Waals surface area (Å²) in [5.41, 5.74) is 14.0. The van der Waals surface area contributed by atoms with Gasteiger partial charge in [-0.2, -0.15) is 0 Å². The molecule has 3 N–H and O–H groups in total. The molecule has 6 heteroatoms. The number of rotatable bonds is 9. The van der Waals surface area contributed by atoms with Crippen LogP contribution in [0.2, 0.25) is 0 Å². The predicted octanol–water partition coefficient (Wildman–Crippen LogP) is 4.45. The number of hydrogen-bond donors (Lipinski definition) is 2. The minimum atomic E-state index is -0.339. The van der Waals surface area contributed by atoms with E-state index < -0.39 is 0 Å². The lowest BCUT2D eigenvalue weighted by molar-refractivity contribution is -0.113. The van der Waals surface area contributed by atoms with Gasteiger partial charge in [0.15, 0.2) is 0 Å². The molecule has 1 aromatic heterocycles. The summed E-state index contributed by atoms with van der Waals surface area (Å²) in [6, 6.07) is 8.61. The van der Waals surface area contributed by atoms with Crippen LogP contribution in [0.25, 0.3) is 11.1 Å². The SMILES string of the molecule is Cc1ccc(-c2c(COCC3C=CC(C(=O)Cl)CN3)c(C)nc(CC(C)C)c2CN)cc1. The van der Waals surface area contributed by atoms with Crippen molar-refractivity contribution >= 4 is 16.8 Å². The zero-order valence-corrected chi connectivity index (χ0v) is 20.2. The first-order valence-electron chi connectivity index (χ1n) is 11.3. The predicted molar refractivity (Wildman–Crippen MR) is 131 cm³/mol. The van der Waals surface area contributed by atoms with E-state index >= 15 is 0 Å². The van der Waals surface area contributed by atoms with E-state index in [2.05, 4.69) is 57.3 Å². The average molecular weight is 456 g/mol. The quantitative estimate of drug-likeness (QED) is 0.431. The fraction of sp³-hybridized carbons (Fsp3) is 0.462. The molecule has 2 heterocycles. The normalized spacial score (nSPS) is 18.3. The van der Waals surface area contributed by atoms with Crippen molar-refractivity contribution in [3.05, 3.63) is 64.5 Å². The number of nitrogens with one attached hydrogen (secondary N) is 1. The van der Waals surface area contributed by atoms with Crippen LogP contribution in [0.15, 0.2) is 36.4 Å². The molecule has 2 aromatic rings. The van der Waals surface area contributed by atoms with Crippen LogP contribution >= 0.6 is 11.6 Å². The maximum Gasteiger partial charge on any atom is 0.229 e. The largest absolute Gasteiger partial charge is 0.375 e. The second kappa shape index (κ2) is 11.2. The Morgan fingerprint density at radius 3 is 2.50 bits per heavy atom. The highest BCUT2D eigenvalue weighted by molar-refractivity contribution is 6.64. The number of ether oxygens (including phenoxy) is 1. The Bertz CT molecular complexity index is 970. The summed E-state index contributed by atoms with van der Waals surface area (Å²) in [5.74, 6) is 0.223. The van der Waals surface area contributed by atoms with Gasteiger partial charge in [0.05, 0.1) is 19.1 Å². The van der Waals surface area contributed by atoms with Crippen molar-refractivity contribution in [3.63, 3.8) is 0 Å². The molecule has 0 amide bonds. The number of carbonyl (C=O) groups is 1. The Morgan fingerprint density at radius 2 is 1.94 bits per heavy atom. The number of aryl methyl sites for hydroxylation is 2. The molecule has 1 aliphatic rings. The molecule has 172 valence electrons. The lowest BCUT2D eigenvalue weighted by Crippen LogP contribution is -2.39. The van der Waals surface area contributed by atoms with E-state index in [1.54, 1.807) is 0 Å². The van der Waals surface area contributed by atoms with Crippen molar-refractivity contribution < 1.29 is 9.53 Å².